The summed E-state index contributed by atoms with van der Waals surface area (Å²) in [5.74, 6) is -0.865. The van der Waals surface area contributed by atoms with E-state index in [0.717, 1.165) is 17.7 Å². The summed E-state index contributed by atoms with van der Waals surface area (Å²) < 4.78 is 73.4. The Hall–Kier alpha value is -4.88. The van der Waals surface area contributed by atoms with Crippen LogP contribution in [0.15, 0.2) is 107 Å². The van der Waals surface area contributed by atoms with E-state index in [0.29, 0.717) is 27.4 Å². The molecule has 0 fully saturated rings. The van der Waals surface area contributed by atoms with Crippen LogP contribution in [0.3, 0.4) is 0 Å². The fraction of sp³-hybridized carbons (Fsp3) is 0.129. The molecule has 45 heavy (non-hydrogen) atoms. The number of carbonyl (C=O) groups is 2. The summed E-state index contributed by atoms with van der Waals surface area (Å²) in [6.45, 7) is 0.828. The maximum Gasteiger partial charge on any atom is 0.417 e. The summed E-state index contributed by atoms with van der Waals surface area (Å²) in [6.07, 6.45) is -3.60. The second-order valence-electron chi connectivity index (χ2n) is 9.55. The number of benzene rings is 4. The van der Waals surface area contributed by atoms with Crippen LogP contribution >= 0.6 is 11.6 Å². The number of amides is 2. The number of ether oxygens (including phenoxy) is 1. The van der Waals surface area contributed by atoms with Crippen molar-refractivity contribution < 1.29 is 35.9 Å². The fourth-order valence-electron chi connectivity index (χ4n) is 3.90. The largest absolute Gasteiger partial charge is 0.484 e. The minimum absolute atomic E-state index is 0.224. The van der Waals surface area contributed by atoms with Gasteiger partial charge in [-0.2, -0.15) is 18.3 Å². The van der Waals surface area contributed by atoms with Crippen molar-refractivity contribution in [1.29, 1.82) is 0 Å². The predicted molar refractivity (Wildman–Crippen MR) is 165 cm³/mol. The third kappa shape index (κ3) is 9.06. The van der Waals surface area contributed by atoms with Crippen LogP contribution in [0.25, 0.3) is 0 Å². The number of alkyl halides is 3. The summed E-state index contributed by atoms with van der Waals surface area (Å²) in [5, 5.41) is 5.91. The highest BCUT2D eigenvalue weighted by Crippen LogP contribution is 2.38. The number of nitrogens with one attached hydrogen (secondary N) is 2. The maximum atomic E-state index is 13.5. The smallest absolute Gasteiger partial charge is 0.417 e. The molecule has 2 amide bonds. The number of hydrazone groups is 1. The molecule has 234 valence electrons. The van der Waals surface area contributed by atoms with Gasteiger partial charge in [0.1, 0.15) is 12.3 Å². The summed E-state index contributed by atoms with van der Waals surface area (Å²) in [6, 6.07) is 23.2. The summed E-state index contributed by atoms with van der Waals surface area (Å²) in [4.78, 5) is 24.7. The molecule has 0 radical (unpaired) electrons. The molecule has 2 N–H and O–H groups in total. The molecule has 0 aliphatic heterocycles. The first-order chi connectivity index (χ1) is 21.3. The molecule has 0 unspecified atom stereocenters. The highest BCUT2D eigenvalue weighted by atomic mass is 35.5. The van der Waals surface area contributed by atoms with Crippen LogP contribution in [0.2, 0.25) is 5.02 Å². The fourth-order valence-corrected chi connectivity index (χ4v) is 5.56. The van der Waals surface area contributed by atoms with Gasteiger partial charge in [-0.3, -0.25) is 13.9 Å². The Balaban J connectivity index is 1.40. The number of sulfonamides is 1. The molecule has 0 aliphatic rings. The molecular formula is C31H26ClF3N4O5S. The van der Waals surface area contributed by atoms with E-state index in [1.165, 1.54) is 30.5 Å². The topological polar surface area (TPSA) is 117 Å². The molecule has 4 rings (SSSR count). The molecule has 0 saturated heterocycles. The molecular weight excluding hydrogens is 633 g/mol. The van der Waals surface area contributed by atoms with Gasteiger partial charge in [-0.15, -0.1) is 0 Å². The zero-order valence-electron chi connectivity index (χ0n) is 23.6. The number of rotatable bonds is 11. The van der Waals surface area contributed by atoms with Crippen molar-refractivity contribution in [3.63, 3.8) is 0 Å². The van der Waals surface area contributed by atoms with Gasteiger partial charge >= 0.3 is 6.18 Å². The van der Waals surface area contributed by atoms with E-state index in [4.69, 9.17) is 16.3 Å². The summed E-state index contributed by atoms with van der Waals surface area (Å²) >= 11 is 5.71. The molecule has 4 aromatic rings. The molecule has 0 aromatic heterocycles. The van der Waals surface area contributed by atoms with Gasteiger partial charge in [0.2, 0.25) is 0 Å². The third-order valence-electron chi connectivity index (χ3n) is 6.15. The van der Waals surface area contributed by atoms with Gasteiger partial charge in [-0.25, -0.2) is 13.8 Å². The van der Waals surface area contributed by atoms with Crippen LogP contribution in [0, 0.1) is 6.92 Å². The van der Waals surface area contributed by atoms with Crippen molar-refractivity contribution in [2.24, 2.45) is 5.10 Å². The van der Waals surface area contributed by atoms with Crippen LogP contribution in [-0.4, -0.2) is 39.6 Å². The lowest BCUT2D eigenvalue weighted by Gasteiger charge is -2.24. The zero-order valence-corrected chi connectivity index (χ0v) is 25.2. The van der Waals surface area contributed by atoms with Crippen molar-refractivity contribution in [3.8, 4) is 5.75 Å². The van der Waals surface area contributed by atoms with E-state index >= 15 is 0 Å². The molecule has 9 nitrogen and oxygen atoms in total. The highest BCUT2D eigenvalue weighted by molar-refractivity contribution is 7.92. The minimum Gasteiger partial charge on any atom is -0.484 e. The number of hydrogen-bond acceptors (Lipinski definition) is 6. The van der Waals surface area contributed by atoms with Gasteiger partial charge in [-0.1, -0.05) is 47.5 Å². The van der Waals surface area contributed by atoms with Crippen LogP contribution in [0.4, 0.5) is 24.5 Å². The maximum absolute atomic E-state index is 13.5. The minimum atomic E-state index is -4.86. The lowest BCUT2D eigenvalue weighted by Crippen LogP contribution is -2.39. The standard InChI is InChI=1S/C31H26ClF3N4O5S/c1-21-7-11-23(12-8-21)37-30(41)20-44-25-14-9-22(10-15-25)18-36-38-29(40)19-39(45(42,43)26-5-3-2-4-6-26)24-13-16-28(32)27(17-24)31(33,34)35/h2-18H,19-20H2,1H3,(H,37,41)(H,38,40)/b36-18-. The molecule has 4 aromatic carbocycles. The van der Waals surface area contributed by atoms with Crippen molar-refractivity contribution in [3.05, 3.63) is 119 Å². The van der Waals surface area contributed by atoms with Crippen molar-refractivity contribution in [2.45, 2.75) is 18.0 Å². The van der Waals surface area contributed by atoms with E-state index in [1.54, 1.807) is 42.5 Å². The average molecular weight is 659 g/mol. The second kappa shape index (κ2) is 14.3. The number of aryl methyl sites for hydroxylation is 1. The first-order valence-electron chi connectivity index (χ1n) is 13.2. The molecule has 0 spiro atoms. The Labute approximate surface area is 262 Å². The average Bonchev–Trinajstić information content (AvgIpc) is 3.01. The Kier molecular flexibility index (Phi) is 10.5. The lowest BCUT2D eigenvalue weighted by atomic mass is 10.2. The predicted octanol–water partition coefficient (Wildman–Crippen LogP) is 6.03. The van der Waals surface area contributed by atoms with Gasteiger partial charge in [0.15, 0.2) is 6.61 Å². The number of carbonyl (C=O) groups excluding carboxylic acids is 2. The van der Waals surface area contributed by atoms with Gasteiger partial charge in [-0.05, 0) is 79.2 Å². The van der Waals surface area contributed by atoms with Crippen LogP contribution in [0.5, 0.6) is 5.75 Å². The van der Waals surface area contributed by atoms with E-state index in [9.17, 15) is 31.2 Å². The molecule has 0 heterocycles. The van der Waals surface area contributed by atoms with Crippen LogP contribution in [0.1, 0.15) is 16.7 Å². The molecule has 0 atom stereocenters. The Morgan fingerprint density at radius 1 is 0.933 bits per heavy atom. The summed E-state index contributed by atoms with van der Waals surface area (Å²) in [5.41, 5.74) is 2.73. The van der Waals surface area contributed by atoms with Crippen LogP contribution in [-0.2, 0) is 25.8 Å². The Morgan fingerprint density at radius 2 is 1.60 bits per heavy atom. The second-order valence-corrected chi connectivity index (χ2v) is 11.8. The van der Waals surface area contributed by atoms with Crippen molar-refractivity contribution >= 4 is 51.0 Å². The van der Waals surface area contributed by atoms with E-state index in [1.807, 2.05) is 19.1 Å². The SMILES string of the molecule is Cc1ccc(NC(=O)COc2ccc(/C=N\NC(=O)CN(c3ccc(Cl)c(C(F)(F)F)c3)S(=O)(=O)c3ccccc3)cc2)cc1. The molecule has 0 saturated carbocycles. The molecule has 14 heteroatoms. The monoisotopic (exact) mass is 658 g/mol. The first kappa shape index (κ1) is 33.0. The van der Waals surface area contributed by atoms with Gasteiger partial charge in [0.25, 0.3) is 21.8 Å². The third-order valence-corrected chi connectivity index (χ3v) is 8.27. The van der Waals surface area contributed by atoms with Crippen LogP contribution < -0.4 is 19.8 Å². The Morgan fingerprint density at radius 3 is 2.24 bits per heavy atom. The van der Waals surface area contributed by atoms with Crippen molar-refractivity contribution in [1.82, 2.24) is 5.43 Å². The number of anilines is 2. The van der Waals surface area contributed by atoms with Gasteiger partial charge in [0.05, 0.1) is 27.4 Å². The number of halogens is 4. The highest BCUT2D eigenvalue weighted by Gasteiger charge is 2.35. The number of nitrogens with zero attached hydrogens (tertiary/aromatic N) is 2. The number of hydrogen-bond donors (Lipinski definition) is 2. The normalized spacial score (nSPS) is 11.7. The van der Waals surface area contributed by atoms with E-state index < -0.39 is 44.9 Å². The van der Waals surface area contributed by atoms with E-state index in [-0.39, 0.29) is 17.4 Å². The first-order valence-corrected chi connectivity index (χ1v) is 15.0. The van der Waals surface area contributed by atoms with Gasteiger partial charge in [0, 0.05) is 5.69 Å². The Bertz CT molecular complexity index is 1790. The zero-order chi connectivity index (χ0) is 32.6. The van der Waals surface area contributed by atoms with Crippen molar-refractivity contribution in [2.75, 3.05) is 22.8 Å². The van der Waals surface area contributed by atoms with Gasteiger partial charge < -0.3 is 10.1 Å². The summed E-state index contributed by atoms with van der Waals surface area (Å²) in [7, 11) is -4.47. The lowest BCUT2D eigenvalue weighted by molar-refractivity contribution is -0.137. The van der Waals surface area contributed by atoms with E-state index in [2.05, 4.69) is 15.8 Å². The quantitative estimate of drug-likeness (QED) is 0.151. The molecule has 0 aliphatic carbocycles. The molecule has 0 bridgehead atoms.